The average molecular weight is 307 g/mol. The Kier molecular flexibility index (Phi) is 6.46. The third-order valence-electron chi connectivity index (χ3n) is 4.13. The quantitative estimate of drug-likeness (QED) is 0.702. The van der Waals surface area contributed by atoms with E-state index in [1.807, 2.05) is 0 Å². The highest BCUT2D eigenvalue weighted by molar-refractivity contribution is 5.61. The lowest BCUT2D eigenvalue weighted by Crippen LogP contribution is -2.15. The summed E-state index contributed by atoms with van der Waals surface area (Å²) in [5.74, 6) is 0.713. The molecule has 0 fully saturated rings. The second-order valence-corrected chi connectivity index (χ2v) is 6.62. The summed E-state index contributed by atoms with van der Waals surface area (Å²) in [7, 11) is 0. The molecule has 0 saturated carbocycles. The van der Waals surface area contributed by atoms with Crippen molar-refractivity contribution in [2.24, 2.45) is 5.92 Å². The first-order valence-electron chi connectivity index (χ1n) is 8.68. The molecule has 2 aromatic carbocycles. The maximum absolute atomic E-state index is 4.15. The summed E-state index contributed by atoms with van der Waals surface area (Å²) in [6.45, 7) is 11.8. The van der Waals surface area contributed by atoms with E-state index in [4.69, 9.17) is 0 Å². The first-order chi connectivity index (χ1) is 11.1. The zero-order valence-electron chi connectivity index (χ0n) is 14.7. The van der Waals surface area contributed by atoms with Crippen molar-refractivity contribution in [2.75, 3.05) is 6.54 Å². The predicted molar refractivity (Wildman–Crippen MR) is 102 cm³/mol. The van der Waals surface area contributed by atoms with Crippen molar-refractivity contribution in [1.29, 1.82) is 0 Å². The summed E-state index contributed by atoms with van der Waals surface area (Å²) < 4.78 is 0. The van der Waals surface area contributed by atoms with Gasteiger partial charge in [-0.05, 0) is 47.4 Å². The first kappa shape index (κ1) is 17.3. The molecule has 2 rings (SSSR count). The molecule has 0 saturated heterocycles. The minimum atomic E-state index is 0.713. The second kappa shape index (κ2) is 8.57. The molecule has 1 N–H and O–H groups in total. The summed E-state index contributed by atoms with van der Waals surface area (Å²) >= 11 is 0. The van der Waals surface area contributed by atoms with Crippen molar-refractivity contribution in [3.05, 3.63) is 77.4 Å². The van der Waals surface area contributed by atoms with Gasteiger partial charge in [-0.25, -0.2) is 0 Å². The van der Waals surface area contributed by atoms with Crippen molar-refractivity contribution in [3.63, 3.8) is 0 Å². The van der Waals surface area contributed by atoms with Gasteiger partial charge in [-0.3, -0.25) is 0 Å². The zero-order valence-corrected chi connectivity index (χ0v) is 14.7. The van der Waals surface area contributed by atoms with Crippen LogP contribution in [-0.4, -0.2) is 6.54 Å². The fourth-order valence-corrected chi connectivity index (χ4v) is 2.71. The zero-order chi connectivity index (χ0) is 16.7. The van der Waals surface area contributed by atoms with E-state index in [0.29, 0.717) is 5.92 Å². The molecule has 0 bridgehead atoms. The van der Waals surface area contributed by atoms with Gasteiger partial charge >= 0.3 is 0 Å². The molecule has 23 heavy (non-hydrogen) atoms. The van der Waals surface area contributed by atoms with Crippen LogP contribution in [0.25, 0.3) is 5.70 Å². The Hall–Kier alpha value is -2.02. The molecule has 0 aliphatic rings. The number of hydrogen-bond acceptors (Lipinski definition) is 1. The number of hydrogen-bond donors (Lipinski definition) is 1. The molecule has 0 atom stereocenters. The smallest absolute Gasteiger partial charge is 0.0340 e. The molecular weight excluding hydrogens is 278 g/mol. The van der Waals surface area contributed by atoms with Crippen molar-refractivity contribution in [3.8, 4) is 0 Å². The SMILES string of the molecule is C=C(NCCc1ccc(CC(C)C)cc1)c1ccc(CC)cc1. The van der Waals surface area contributed by atoms with Crippen molar-refractivity contribution >= 4 is 5.70 Å². The number of rotatable bonds is 8. The van der Waals surface area contributed by atoms with E-state index in [0.717, 1.165) is 31.5 Å². The van der Waals surface area contributed by atoms with Gasteiger partial charge in [-0.2, -0.15) is 0 Å². The number of benzene rings is 2. The predicted octanol–water partition coefficient (Wildman–Crippen LogP) is 5.25. The monoisotopic (exact) mass is 307 g/mol. The summed E-state index contributed by atoms with van der Waals surface area (Å²) in [6, 6.07) is 17.7. The highest BCUT2D eigenvalue weighted by Gasteiger charge is 2.01. The molecule has 1 heteroatoms. The van der Waals surface area contributed by atoms with Crippen LogP contribution in [0.15, 0.2) is 55.1 Å². The van der Waals surface area contributed by atoms with E-state index in [1.165, 1.54) is 22.3 Å². The van der Waals surface area contributed by atoms with E-state index in [2.05, 4.69) is 81.2 Å². The molecule has 0 aromatic heterocycles. The Balaban J connectivity index is 1.80. The molecule has 0 aliphatic heterocycles. The van der Waals surface area contributed by atoms with Crippen LogP contribution in [-0.2, 0) is 19.3 Å². The second-order valence-electron chi connectivity index (χ2n) is 6.62. The lowest BCUT2D eigenvalue weighted by Gasteiger charge is -2.11. The summed E-state index contributed by atoms with van der Waals surface area (Å²) in [5.41, 5.74) is 6.35. The summed E-state index contributed by atoms with van der Waals surface area (Å²) in [4.78, 5) is 0. The molecule has 0 aliphatic carbocycles. The molecule has 0 amide bonds. The van der Waals surface area contributed by atoms with Crippen LogP contribution in [0.1, 0.15) is 43.0 Å². The fourth-order valence-electron chi connectivity index (χ4n) is 2.71. The maximum atomic E-state index is 4.15. The highest BCUT2D eigenvalue weighted by atomic mass is 14.9. The topological polar surface area (TPSA) is 12.0 Å². The van der Waals surface area contributed by atoms with E-state index >= 15 is 0 Å². The Morgan fingerprint density at radius 1 is 0.913 bits per heavy atom. The van der Waals surface area contributed by atoms with Crippen molar-refractivity contribution < 1.29 is 0 Å². The molecule has 0 heterocycles. The van der Waals surface area contributed by atoms with Gasteiger partial charge in [0.15, 0.2) is 0 Å². The highest BCUT2D eigenvalue weighted by Crippen LogP contribution is 2.13. The molecule has 0 spiro atoms. The Morgan fingerprint density at radius 3 is 2.04 bits per heavy atom. The molecule has 122 valence electrons. The van der Waals surface area contributed by atoms with Gasteiger partial charge in [0.2, 0.25) is 0 Å². The largest absolute Gasteiger partial charge is 0.385 e. The fraction of sp³-hybridized carbons (Fsp3) is 0.364. The van der Waals surface area contributed by atoms with Crippen molar-refractivity contribution in [1.82, 2.24) is 5.32 Å². The molecule has 1 nitrogen and oxygen atoms in total. The lowest BCUT2D eigenvalue weighted by molar-refractivity contribution is 0.647. The van der Waals surface area contributed by atoms with Crippen LogP contribution in [0.3, 0.4) is 0 Å². The van der Waals surface area contributed by atoms with Gasteiger partial charge in [0.1, 0.15) is 0 Å². The maximum Gasteiger partial charge on any atom is 0.0340 e. The van der Waals surface area contributed by atoms with E-state index < -0.39 is 0 Å². The van der Waals surface area contributed by atoms with Crippen LogP contribution in [0.2, 0.25) is 0 Å². The normalized spacial score (nSPS) is 10.8. The Bertz CT molecular complexity index is 605. The van der Waals surface area contributed by atoms with Crippen molar-refractivity contribution in [2.45, 2.75) is 40.0 Å². The van der Waals surface area contributed by atoms with E-state index in [1.54, 1.807) is 0 Å². The van der Waals surface area contributed by atoms with Crippen LogP contribution < -0.4 is 5.32 Å². The summed E-state index contributed by atoms with van der Waals surface area (Å²) in [6.07, 6.45) is 3.25. The van der Waals surface area contributed by atoms with Crippen LogP contribution >= 0.6 is 0 Å². The number of aryl methyl sites for hydroxylation is 1. The average Bonchev–Trinajstić information content (AvgIpc) is 2.56. The van der Waals surface area contributed by atoms with E-state index in [-0.39, 0.29) is 0 Å². The molecule has 0 unspecified atom stereocenters. The van der Waals surface area contributed by atoms with Gasteiger partial charge in [-0.15, -0.1) is 0 Å². The van der Waals surface area contributed by atoms with Gasteiger partial charge in [0.05, 0.1) is 0 Å². The minimum absolute atomic E-state index is 0.713. The lowest BCUT2D eigenvalue weighted by atomic mass is 10.0. The van der Waals surface area contributed by atoms with Gasteiger partial charge in [-0.1, -0.05) is 75.9 Å². The van der Waals surface area contributed by atoms with E-state index in [9.17, 15) is 0 Å². The van der Waals surface area contributed by atoms with Crippen LogP contribution in [0, 0.1) is 5.92 Å². The van der Waals surface area contributed by atoms with Crippen LogP contribution in [0.4, 0.5) is 0 Å². The Morgan fingerprint density at radius 2 is 1.48 bits per heavy atom. The van der Waals surface area contributed by atoms with Gasteiger partial charge in [0, 0.05) is 12.2 Å². The molecule has 0 radical (unpaired) electrons. The third-order valence-corrected chi connectivity index (χ3v) is 4.13. The van der Waals surface area contributed by atoms with Gasteiger partial charge < -0.3 is 5.32 Å². The Labute approximate surface area is 141 Å². The molecule has 2 aromatic rings. The standard InChI is InChI=1S/C22H29N/c1-5-19-10-12-22(13-11-19)18(4)23-15-14-20-6-8-21(9-7-20)16-17(2)3/h6-13,17,23H,4-5,14-16H2,1-3H3. The molecular formula is C22H29N. The summed E-state index contributed by atoms with van der Waals surface area (Å²) in [5, 5.41) is 3.44. The minimum Gasteiger partial charge on any atom is -0.385 e. The van der Waals surface area contributed by atoms with Gasteiger partial charge in [0.25, 0.3) is 0 Å². The number of nitrogens with one attached hydrogen (secondary N) is 1. The van der Waals surface area contributed by atoms with Crippen LogP contribution in [0.5, 0.6) is 0 Å². The first-order valence-corrected chi connectivity index (χ1v) is 8.68. The third kappa shape index (κ3) is 5.59.